The van der Waals surface area contributed by atoms with E-state index in [4.69, 9.17) is 17.3 Å². The van der Waals surface area contributed by atoms with Crippen molar-refractivity contribution in [3.8, 4) is 11.4 Å². The number of aromatic nitrogens is 4. The summed E-state index contributed by atoms with van der Waals surface area (Å²) in [6, 6.07) is 4.46. The summed E-state index contributed by atoms with van der Waals surface area (Å²) >= 11 is 5.90. The summed E-state index contributed by atoms with van der Waals surface area (Å²) in [4.78, 5) is 0. The summed E-state index contributed by atoms with van der Waals surface area (Å²) in [5.74, 6) is -4.46. The third-order valence-electron chi connectivity index (χ3n) is 2.48. The zero-order chi connectivity index (χ0) is 14.9. The molecule has 108 valence electrons. The molecule has 2 N–H and O–H groups in total. The first-order valence-electron chi connectivity index (χ1n) is 5.29. The lowest BCUT2D eigenvalue weighted by atomic mass is 10.1. The van der Waals surface area contributed by atoms with Crippen LogP contribution in [0.5, 0.6) is 0 Å². The number of rotatable bonds is 4. The van der Waals surface area contributed by atoms with Crippen LogP contribution in [0, 0.1) is 0 Å². The molecule has 1 heterocycles. The predicted octanol–water partition coefficient (Wildman–Crippen LogP) is 2.48. The van der Waals surface area contributed by atoms with Gasteiger partial charge in [-0.25, -0.2) is 13.5 Å². The number of tetrazole rings is 1. The molecular weight excluding hydrogens is 302 g/mol. The Morgan fingerprint density at radius 3 is 2.65 bits per heavy atom. The average molecular weight is 310 g/mol. The van der Waals surface area contributed by atoms with E-state index in [0.29, 0.717) is 4.68 Å². The van der Waals surface area contributed by atoms with Crippen molar-refractivity contribution >= 4 is 17.3 Å². The number of alkyl halides is 4. The minimum atomic E-state index is -4.26. The lowest BCUT2D eigenvalue weighted by Gasteiger charge is -2.16. The van der Waals surface area contributed by atoms with Crippen LogP contribution in [-0.4, -0.2) is 32.6 Å². The van der Waals surface area contributed by atoms with E-state index < -0.39 is 18.9 Å². The lowest BCUT2D eigenvalue weighted by Crippen LogP contribution is -2.33. The Morgan fingerprint density at radius 2 is 2.05 bits per heavy atom. The Morgan fingerprint density at radius 1 is 1.35 bits per heavy atom. The molecule has 5 nitrogen and oxygen atoms in total. The van der Waals surface area contributed by atoms with Gasteiger partial charge in [0.05, 0.1) is 10.6 Å². The second-order valence-corrected chi connectivity index (χ2v) is 4.33. The number of hydrogen-bond acceptors (Lipinski definition) is 4. The molecule has 1 aromatic heterocycles. The molecule has 1 aromatic carbocycles. The van der Waals surface area contributed by atoms with Gasteiger partial charge in [-0.05, 0) is 22.6 Å². The first kappa shape index (κ1) is 14.5. The fourth-order valence-corrected chi connectivity index (χ4v) is 1.80. The second kappa shape index (κ2) is 5.23. The third kappa shape index (κ3) is 2.67. The molecule has 0 aliphatic carbocycles. The number of halogens is 5. The molecule has 10 heteroatoms. The van der Waals surface area contributed by atoms with E-state index in [1.807, 2.05) is 0 Å². The Labute approximate surface area is 115 Å². The van der Waals surface area contributed by atoms with Crippen LogP contribution in [0.2, 0.25) is 5.02 Å². The topological polar surface area (TPSA) is 69.6 Å². The van der Waals surface area contributed by atoms with Crippen molar-refractivity contribution in [2.24, 2.45) is 0 Å². The monoisotopic (exact) mass is 309 g/mol. The number of nitrogens with zero attached hydrogens (tertiary/aromatic N) is 4. The fraction of sp³-hybridized carbons (Fsp3) is 0.300. The van der Waals surface area contributed by atoms with E-state index in [1.165, 1.54) is 12.1 Å². The van der Waals surface area contributed by atoms with Crippen LogP contribution in [0.1, 0.15) is 0 Å². The second-order valence-electron chi connectivity index (χ2n) is 3.93. The Hall–Kier alpha value is -1.90. The molecule has 0 spiro atoms. The van der Waals surface area contributed by atoms with Crippen molar-refractivity contribution in [3.63, 3.8) is 0 Å². The predicted molar refractivity (Wildman–Crippen MR) is 63.6 cm³/mol. The standard InChI is InChI=1S/C10H8ClF4N5/c11-5-2-1-3-6(16)7(5)8-17-18-19-20(8)4-10(14,15)9(12)13/h1-3,9H,4,16H2. The molecule has 20 heavy (non-hydrogen) atoms. The number of nitrogens with two attached hydrogens (primary N) is 1. The van der Waals surface area contributed by atoms with Crippen molar-refractivity contribution in [1.82, 2.24) is 20.2 Å². The highest BCUT2D eigenvalue weighted by atomic mass is 35.5. The van der Waals surface area contributed by atoms with Crippen LogP contribution in [0.15, 0.2) is 18.2 Å². The fourth-order valence-electron chi connectivity index (χ4n) is 1.54. The van der Waals surface area contributed by atoms with Crippen LogP contribution in [0.4, 0.5) is 23.2 Å². The Balaban J connectivity index is 2.44. The number of anilines is 1. The van der Waals surface area contributed by atoms with E-state index in [9.17, 15) is 17.6 Å². The van der Waals surface area contributed by atoms with Gasteiger partial charge in [0, 0.05) is 5.69 Å². The first-order valence-corrected chi connectivity index (χ1v) is 5.67. The van der Waals surface area contributed by atoms with Crippen molar-refractivity contribution in [1.29, 1.82) is 0 Å². The number of nitrogen functional groups attached to an aromatic ring is 1. The zero-order valence-corrected chi connectivity index (χ0v) is 10.5. The van der Waals surface area contributed by atoms with Crippen molar-refractivity contribution in [2.75, 3.05) is 5.73 Å². The SMILES string of the molecule is Nc1cccc(Cl)c1-c1nnnn1CC(F)(F)C(F)F. The van der Waals surface area contributed by atoms with Crippen LogP contribution < -0.4 is 5.73 Å². The van der Waals surface area contributed by atoms with Gasteiger partial charge < -0.3 is 5.73 Å². The zero-order valence-electron chi connectivity index (χ0n) is 9.77. The van der Waals surface area contributed by atoms with Gasteiger partial charge >= 0.3 is 12.3 Å². The van der Waals surface area contributed by atoms with E-state index in [1.54, 1.807) is 6.07 Å². The van der Waals surface area contributed by atoms with E-state index in [-0.39, 0.29) is 22.1 Å². The summed E-state index contributed by atoms with van der Waals surface area (Å²) < 4.78 is 51.1. The van der Waals surface area contributed by atoms with Gasteiger partial charge in [0.1, 0.15) is 6.54 Å². The van der Waals surface area contributed by atoms with Crippen molar-refractivity contribution < 1.29 is 17.6 Å². The van der Waals surface area contributed by atoms with Gasteiger partial charge in [-0.3, -0.25) is 0 Å². The summed E-state index contributed by atoms with van der Waals surface area (Å²) in [5.41, 5.74) is 5.94. The molecule has 0 saturated carbocycles. The molecule has 0 bridgehead atoms. The molecule has 0 fully saturated rings. The maximum absolute atomic E-state index is 13.1. The summed E-state index contributed by atoms with van der Waals surface area (Å²) in [7, 11) is 0. The number of benzene rings is 1. The van der Waals surface area contributed by atoms with E-state index >= 15 is 0 Å². The summed E-state index contributed by atoms with van der Waals surface area (Å²) in [5, 5.41) is 10.1. The van der Waals surface area contributed by atoms with Gasteiger partial charge in [-0.2, -0.15) is 8.78 Å². The molecule has 0 amide bonds. The minimum absolute atomic E-state index is 0.115. The number of hydrogen-bond donors (Lipinski definition) is 1. The maximum atomic E-state index is 13.1. The quantitative estimate of drug-likeness (QED) is 0.696. The highest BCUT2D eigenvalue weighted by Gasteiger charge is 2.42. The van der Waals surface area contributed by atoms with E-state index in [2.05, 4.69) is 15.5 Å². The van der Waals surface area contributed by atoms with Crippen molar-refractivity contribution in [2.45, 2.75) is 18.9 Å². The summed E-state index contributed by atoms with van der Waals surface area (Å²) in [6.07, 6.45) is -3.83. The highest BCUT2D eigenvalue weighted by Crippen LogP contribution is 2.33. The molecule has 2 aromatic rings. The summed E-state index contributed by atoms with van der Waals surface area (Å²) in [6.45, 7) is -1.38. The first-order chi connectivity index (χ1) is 9.33. The highest BCUT2D eigenvalue weighted by molar-refractivity contribution is 6.33. The lowest BCUT2D eigenvalue weighted by molar-refractivity contribution is -0.139. The smallest absolute Gasteiger partial charge is 0.326 e. The minimum Gasteiger partial charge on any atom is -0.398 e. The van der Waals surface area contributed by atoms with Gasteiger partial charge in [0.15, 0.2) is 5.82 Å². The molecule has 0 aliphatic rings. The van der Waals surface area contributed by atoms with Gasteiger partial charge in [0.2, 0.25) is 0 Å². The average Bonchev–Trinajstić information content (AvgIpc) is 2.76. The molecule has 0 unspecified atom stereocenters. The van der Waals surface area contributed by atoms with E-state index in [0.717, 1.165) is 0 Å². The van der Waals surface area contributed by atoms with Gasteiger partial charge in [-0.15, -0.1) is 5.10 Å². The van der Waals surface area contributed by atoms with Crippen LogP contribution in [0.25, 0.3) is 11.4 Å². The van der Waals surface area contributed by atoms with Gasteiger partial charge in [0.25, 0.3) is 0 Å². The van der Waals surface area contributed by atoms with Crippen molar-refractivity contribution in [3.05, 3.63) is 23.2 Å². The molecule has 0 atom stereocenters. The largest absolute Gasteiger partial charge is 0.398 e. The molecule has 0 aliphatic heterocycles. The molecule has 0 radical (unpaired) electrons. The molecule has 2 rings (SSSR count). The van der Waals surface area contributed by atoms with Crippen LogP contribution >= 0.6 is 11.6 Å². The third-order valence-corrected chi connectivity index (χ3v) is 2.80. The molecular formula is C10H8ClF4N5. The molecule has 0 saturated heterocycles. The van der Waals surface area contributed by atoms with Gasteiger partial charge in [-0.1, -0.05) is 17.7 Å². The maximum Gasteiger partial charge on any atom is 0.326 e. The Kier molecular flexibility index (Phi) is 3.80. The van der Waals surface area contributed by atoms with Crippen LogP contribution in [-0.2, 0) is 6.54 Å². The Bertz CT molecular complexity index is 595. The normalized spacial score (nSPS) is 12.1. The van der Waals surface area contributed by atoms with Crippen LogP contribution in [0.3, 0.4) is 0 Å².